The Labute approximate surface area is 63.1 Å². The molecule has 0 aromatic heterocycles. The predicted molar refractivity (Wildman–Crippen MR) is 43.2 cm³/mol. The van der Waals surface area contributed by atoms with Crippen molar-refractivity contribution in [1.82, 2.24) is 0 Å². The summed E-state index contributed by atoms with van der Waals surface area (Å²) in [7, 11) is 6.54. The molecule has 0 aliphatic carbocycles. The molecule has 0 N–H and O–H groups in total. The first-order valence-electron chi connectivity index (χ1n) is 2.81. The van der Waals surface area contributed by atoms with Crippen molar-refractivity contribution < 1.29 is 4.48 Å². The quantitative estimate of drug-likeness (QED) is 0.335. The van der Waals surface area contributed by atoms with Gasteiger partial charge in [0.1, 0.15) is 5.40 Å². The van der Waals surface area contributed by atoms with E-state index in [0.29, 0.717) is 0 Å². The molecule has 0 bridgehead atoms. The summed E-state index contributed by atoms with van der Waals surface area (Å²) in [6, 6.07) is 0. The van der Waals surface area contributed by atoms with E-state index in [1.807, 2.05) is 0 Å². The van der Waals surface area contributed by atoms with Gasteiger partial charge >= 0.3 is 0 Å². The molecule has 0 rings (SSSR count). The van der Waals surface area contributed by atoms with Crippen molar-refractivity contribution in [1.29, 1.82) is 5.26 Å². The Kier molecular flexibility index (Phi) is 7.63. The lowest BCUT2D eigenvalue weighted by atomic mass is 10.6. The van der Waals surface area contributed by atoms with E-state index in [-0.39, 0.29) is 0 Å². The van der Waals surface area contributed by atoms with Crippen LogP contribution in [0.25, 0.3) is 0 Å². The van der Waals surface area contributed by atoms with Gasteiger partial charge in [-0.15, -0.1) is 0 Å². The first-order chi connectivity index (χ1) is 3.97. The lowest BCUT2D eigenvalue weighted by Crippen LogP contribution is -2.33. The molecular weight excluding hydrogens is 132 g/mol. The Morgan fingerprint density at radius 3 is 1.56 bits per heavy atom. The number of thiol groups is 1. The molecular formula is C6H15N2S+. The standard InChI is InChI=1S/C5H14N.CHNS/c1-5-6(2,3)4;2-1-3/h5H2,1-4H3;3H/q+1;. The first-order valence-corrected chi connectivity index (χ1v) is 3.26. The maximum absolute atomic E-state index is 7.18. The topological polar surface area (TPSA) is 23.8 Å². The fraction of sp³-hybridized carbons (Fsp3) is 0.833. The summed E-state index contributed by atoms with van der Waals surface area (Å²) < 4.78 is 1.07. The minimum atomic E-state index is 1.07. The van der Waals surface area contributed by atoms with E-state index in [0.717, 1.165) is 4.48 Å². The maximum atomic E-state index is 7.18. The van der Waals surface area contributed by atoms with Crippen molar-refractivity contribution in [2.75, 3.05) is 27.7 Å². The number of hydrogen-bond acceptors (Lipinski definition) is 2. The number of hydrogen-bond donors (Lipinski definition) is 1. The summed E-state index contributed by atoms with van der Waals surface area (Å²) >= 11 is 3.09. The molecule has 0 atom stereocenters. The van der Waals surface area contributed by atoms with Gasteiger partial charge in [0.25, 0.3) is 0 Å². The van der Waals surface area contributed by atoms with Crippen LogP contribution in [-0.2, 0) is 0 Å². The maximum Gasteiger partial charge on any atom is 0.130 e. The number of quaternary nitrogens is 1. The lowest BCUT2D eigenvalue weighted by molar-refractivity contribution is -0.868. The zero-order valence-corrected chi connectivity index (χ0v) is 7.44. The Hall–Kier alpha value is -0.200. The molecule has 0 aromatic carbocycles. The van der Waals surface area contributed by atoms with Crippen molar-refractivity contribution in [3.05, 3.63) is 0 Å². The van der Waals surface area contributed by atoms with Crippen LogP contribution >= 0.6 is 12.6 Å². The SMILES string of the molecule is CC[N+](C)(C)C.N#CS. The van der Waals surface area contributed by atoms with Crippen LogP contribution in [0.1, 0.15) is 6.92 Å². The molecule has 3 heteroatoms. The Balaban J connectivity index is 0. The van der Waals surface area contributed by atoms with E-state index in [1.54, 1.807) is 0 Å². The zero-order valence-electron chi connectivity index (χ0n) is 6.55. The molecule has 0 aromatic rings. The molecule has 0 aliphatic rings. The Bertz CT molecular complexity index is 88.2. The normalized spacial score (nSPS) is 8.89. The van der Waals surface area contributed by atoms with E-state index in [2.05, 4.69) is 40.7 Å². The highest BCUT2D eigenvalue weighted by atomic mass is 32.1. The molecule has 0 saturated carbocycles. The van der Waals surface area contributed by atoms with Crippen molar-refractivity contribution in [3.63, 3.8) is 0 Å². The summed E-state index contributed by atoms with van der Waals surface area (Å²) in [5.41, 5.74) is 0. The van der Waals surface area contributed by atoms with Crippen molar-refractivity contribution >= 4 is 12.6 Å². The van der Waals surface area contributed by atoms with Crippen molar-refractivity contribution in [2.45, 2.75) is 6.92 Å². The molecule has 0 unspecified atom stereocenters. The summed E-state index contributed by atoms with van der Waals surface area (Å²) in [5, 5.41) is 8.63. The van der Waals surface area contributed by atoms with Gasteiger partial charge in [-0.05, 0) is 6.92 Å². The van der Waals surface area contributed by atoms with E-state index in [9.17, 15) is 0 Å². The van der Waals surface area contributed by atoms with Gasteiger partial charge in [-0.2, -0.15) is 5.26 Å². The molecule has 9 heavy (non-hydrogen) atoms. The van der Waals surface area contributed by atoms with Crippen LogP contribution in [0.15, 0.2) is 0 Å². The van der Waals surface area contributed by atoms with Crippen molar-refractivity contribution in [3.8, 4) is 5.40 Å². The van der Waals surface area contributed by atoms with Crippen molar-refractivity contribution in [2.24, 2.45) is 0 Å². The molecule has 0 heterocycles. The molecule has 0 fully saturated rings. The van der Waals surface area contributed by atoms with Gasteiger partial charge in [-0.25, -0.2) is 0 Å². The molecule has 0 amide bonds. The summed E-state index contributed by atoms with van der Waals surface area (Å²) in [4.78, 5) is 0. The minimum Gasteiger partial charge on any atom is -0.331 e. The van der Waals surface area contributed by atoms with Gasteiger partial charge in [0.2, 0.25) is 0 Å². The van der Waals surface area contributed by atoms with Gasteiger partial charge in [-0.1, -0.05) is 12.6 Å². The molecule has 0 aliphatic heterocycles. The summed E-state index contributed by atoms with van der Waals surface area (Å²) in [6.45, 7) is 3.39. The van der Waals surface area contributed by atoms with E-state index in [1.165, 1.54) is 11.9 Å². The average molecular weight is 147 g/mol. The van der Waals surface area contributed by atoms with Crippen LogP contribution in [0.5, 0.6) is 0 Å². The van der Waals surface area contributed by atoms with Gasteiger partial charge in [0, 0.05) is 0 Å². The summed E-state index contributed by atoms with van der Waals surface area (Å²) in [5.74, 6) is 0. The molecule has 2 nitrogen and oxygen atoms in total. The van der Waals surface area contributed by atoms with Crippen LogP contribution in [-0.4, -0.2) is 32.2 Å². The molecule has 0 radical (unpaired) electrons. The molecule has 54 valence electrons. The third-order valence-corrected chi connectivity index (χ3v) is 0.949. The van der Waals surface area contributed by atoms with Crippen LogP contribution in [0.4, 0.5) is 0 Å². The highest BCUT2D eigenvalue weighted by Gasteiger charge is 1.97. The van der Waals surface area contributed by atoms with Gasteiger partial charge in [-0.3, -0.25) is 0 Å². The lowest BCUT2D eigenvalue weighted by Gasteiger charge is -2.20. The van der Waals surface area contributed by atoms with Gasteiger partial charge < -0.3 is 4.48 Å². The summed E-state index contributed by atoms with van der Waals surface area (Å²) in [6.07, 6.45) is 0. The number of thiocyanates is 1. The van der Waals surface area contributed by atoms with E-state index in [4.69, 9.17) is 5.26 Å². The van der Waals surface area contributed by atoms with Crippen LogP contribution in [0.2, 0.25) is 0 Å². The monoisotopic (exact) mass is 147 g/mol. The Morgan fingerprint density at radius 1 is 1.44 bits per heavy atom. The number of nitriles is 1. The smallest absolute Gasteiger partial charge is 0.130 e. The third-order valence-electron chi connectivity index (χ3n) is 0.949. The van der Waals surface area contributed by atoms with E-state index < -0.39 is 0 Å². The largest absolute Gasteiger partial charge is 0.331 e. The number of rotatable bonds is 1. The average Bonchev–Trinajstić information content (AvgIpc) is 1.67. The second-order valence-electron chi connectivity index (χ2n) is 2.71. The third kappa shape index (κ3) is 33.5. The molecule has 0 saturated heterocycles. The highest BCUT2D eigenvalue weighted by Crippen LogP contribution is 1.83. The first kappa shape index (κ1) is 11.6. The van der Waals surface area contributed by atoms with Crippen LogP contribution < -0.4 is 0 Å². The second-order valence-corrected chi connectivity index (χ2v) is 2.91. The highest BCUT2D eigenvalue weighted by molar-refractivity contribution is 7.85. The number of nitrogens with zero attached hydrogens (tertiary/aromatic N) is 2. The fourth-order valence-corrected chi connectivity index (χ4v) is 0. The zero-order chi connectivity index (χ0) is 7.91. The fourth-order valence-electron chi connectivity index (χ4n) is 0. The van der Waals surface area contributed by atoms with Crippen LogP contribution in [0.3, 0.4) is 0 Å². The minimum absolute atomic E-state index is 1.07. The van der Waals surface area contributed by atoms with Crippen LogP contribution in [0, 0.1) is 10.7 Å². The second kappa shape index (κ2) is 5.93. The Morgan fingerprint density at radius 2 is 1.56 bits per heavy atom. The van der Waals surface area contributed by atoms with Gasteiger partial charge in [0.15, 0.2) is 0 Å². The van der Waals surface area contributed by atoms with Gasteiger partial charge in [0.05, 0.1) is 27.7 Å². The van der Waals surface area contributed by atoms with E-state index >= 15 is 0 Å². The molecule has 0 spiro atoms. The predicted octanol–water partition coefficient (Wildman–Crippen LogP) is 1.11.